The SMILES string of the molecule is C=CC[C@H](N)c1ccc(F)c(C)c1.Cl. The summed E-state index contributed by atoms with van der Waals surface area (Å²) in [7, 11) is 0. The highest BCUT2D eigenvalue weighted by atomic mass is 35.5. The Bertz CT molecular complexity index is 312. The minimum absolute atomic E-state index is 0. The van der Waals surface area contributed by atoms with Crippen molar-refractivity contribution in [3.63, 3.8) is 0 Å². The van der Waals surface area contributed by atoms with Crippen LogP contribution in [0.3, 0.4) is 0 Å². The molecule has 0 bridgehead atoms. The van der Waals surface area contributed by atoms with E-state index >= 15 is 0 Å². The van der Waals surface area contributed by atoms with Gasteiger partial charge in [0.15, 0.2) is 0 Å². The molecule has 0 saturated carbocycles. The predicted octanol–water partition coefficient (Wildman–Crippen LogP) is 3.13. The van der Waals surface area contributed by atoms with Crippen molar-refractivity contribution in [3.05, 3.63) is 47.8 Å². The van der Waals surface area contributed by atoms with Crippen molar-refractivity contribution in [2.75, 3.05) is 0 Å². The normalized spacial score (nSPS) is 11.6. The number of aryl methyl sites for hydroxylation is 1. The number of benzene rings is 1. The summed E-state index contributed by atoms with van der Waals surface area (Å²) in [5.41, 5.74) is 7.42. The van der Waals surface area contributed by atoms with E-state index in [1.807, 2.05) is 0 Å². The maximum Gasteiger partial charge on any atom is 0.126 e. The highest BCUT2D eigenvalue weighted by Gasteiger charge is 2.05. The monoisotopic (exact) mass is 215 g/mol. The van der Waals surface area contributed by atoms with Crippen LogP contribution in [-0.4, -0.2) is 0 Å². The van der Waals surface area contributed by atoms with E-state index in [9.17, 15) is 4.39 Å². The van der Waals surface area contributed by atoms with Crippen molar-refractivity contribution >= 4 is 12.4 Å². The Morgan fingerprint density at radius 3 is 2.71 bits per heavy atom. The Morgan fingerprint density at radius 2 is 2.21 bits per heavy atom. The van der Waals surface area contributed by atoms with Crippen molar-refractivity contribution in [1.29, 1.82) is 0 Å². The van der Waals surface area contributed by atoms with E-state index in [0.717, 1.165) is 5.56 Å². The third-order valence-electron chi connectivity index (χ3n) is 2.03. The number of rotatable bonds is 3. The second-order valence-corrected chi connectivity index (χ2v) is 3.14. The van der Waals surface area contributed by atoms with Gasteiger partial charge in [0.2, 0.25) is 0 Å². The number of hydrogen-bond acceptors (Lipinski definition) is 1. The molecule has 0 spiro atoms. The average Bonchev–Trinajstić information content (AvgIpc) is 2.10. The molecule has 1 aromatic carbocycles. The fourth-order valence-corrected chi connectivity index (χ4v) is 1.21. The van der Waals surface area contributed by atoms with Gasteiger partial charge in [-0.05, 0) is 30.5 Å². The van der Waals surface area contributed by atoms with Crippen molar-refractivity contribution in [1.82, 2.24) is 0 Å². The van der Waals surface area contributed by atoms with Gasteiger partial charge in [-0.1, -0.05) is 18.2 Å². The minimum atomic E-state index is -0.186. The third kappa shape index (κ3) is 3.13. The quantitative estimate of drug-likeness (QED) is 0.771. The van der Waals surface area contributed by atoms with Gasteiger partial charge < -0.3 is 5.73 Å². The zero-order valence-electron chi connectivity index (χ0n) is 8.16. The van der Waals surface area contributed by atoms with Gasteiger partial charge in [-0.25, -0.2) is 4.39 Å². The lowest BCUT2D eigenvalue weighted by molar-refractivity contribution is 0.615. The molecule has 2 N–H and O–H groups in total. The van der Waals surface area contributed by atoms with Crippen LogP contribution in [0.1, 0.15) is 23.6 Å². The van der Waals surface area contributed by atoms with Gasteiger partial charge in [0, 0.05) is 6.04 Å². The first-order valence-corrected chi connectivity index (χ1v) is 4.27. The van der Waals surface area contributed by atoms with Crippen LogP contribution in [0.5, 0.6) is 0 Å². The maximum absolute atomic E-state index is 12.9. The lowest BCUT2D eigenvalue weighted by atomic mass is 10.0. The molecule has 0 aliphatic carbocycles. The van der Waals surface area contributed by atoms with Gasteiger partial charge in [-0.15, -0.1) is 19.0 Å². The summed E-state index contributed by atoms with van der Waals surface area (Å²) in [4.78, 5) is 0. The molecule has 0 fully saturated rings. The molecule has 0 radical (unpaired) electrons. The highest BCUT2D eigenvalue weighted by molar-refractivity contribution is 5.85. The first kappa shape index (κ1) is 13.1. The molecule has 1 atom stereocenters. The molecule has 1 nitrogen and oxygen atoms in total. The van der Waals surface area contributed by atoms with E-state index in [2.05, 4.69) is 6.58 Å². The summed E-state index contributed by atoms with van der Waals surface area (Å²) in [5, 5.41) is 0. The molecule has 0 aromatic heterocycles. The van der Waals surface area contributed by atoms with Crippen LogP contribution in [0.4, 0.5) is 4.39 Å². The van der Waals surface area contributed by atoms with E-state index in [1.165, 1.54) is 6.07 Å². The lowest BCUT2D eigenvalue weighted by Gasteiger charge is -2.10. The summed E-state index contributed by atoms with van der Waals surface area (Å²) in [5.74, 6) is -0.186. The van der Waals surface area contributed by atoms with E-state index in [1.54, 1.807) is 25.1 Å². The zero-order valence-corrected chi connectivity index (χ0v) is 8.98. The van der Waals surface area contributed by atoms with Gasteiger partial charge in [-0.3, -0.25) is 0 Å². The predicted molar refractivity (Wildman–Crippen MR) is 60.1 cm³/mol. The van der Waals surface area contributed by atoms with Crippen LogP contribution in [-0.2, 0) is 0 Å². The molecule has 78 valence electrons. The van der Waals surface area contributed by atoms with Crippen LogP contribution >= 0.6 is 12.4 Å². The number of nitrogens with two attached hydrogens (primary N) is 1. The topological polar surface area (TPSA) is 26.0 Å². The molecule has 14 heavy (non-hydrogen) atoms. The zero-order chi connectivity index (χ0) is 9.84. The molecule has 1 rings (SSSR count). The Balaban J connectivity index is 0.00000169. The van der Waals surface area contributed by atoms with Crippen molar-refractivity contribution in [3.8, 4) is 0 Å². The molecule has 0 amide bonds. The molecule has 1 aromatic rings. The van der Waals surface area contributed by atoms with Gasteiger partial charge >= 0.3 is 0 Å². The second kappa shape index (κ2) is 5.78. The van der Waals surface area contributed by atoms with Crippen molar-refractivity contribution in [2.45, 2.75) is 19.4 Å². The molecular weight excluding hydrogens is 201 g/mol. The average molecular weight is 216 g/mol. The van der Waals surface area contributed by atoms with Crippen LogP contribution in [0.2, 0.25) is 0 Å². The summed E-state index contributed by atoms with van der Waals surface area (Å²) >= 11 is 0. The van der Waals surface area contributed by atoms with Gasteiger partial charge in [0.05, 0.1) is 0 Å². The Labute approximate surface area is 90.2 Å². The molecule has 0 unspecified atom stereocenters. The van der Waals surface area contributed by atoms with E-state index < -0.39 is 0 Å². The molecule has 0 aliphatic heterocycles. The van der Waals surface area contributed by atoms with E-state index in [0.29, 0.717) is 12.0 Å². The Hall–Kier alpha value is -0.860. The summed E-state index contributed by atoms with van der Waals surface area (Å²) in [6, 6.07) is 4.88. The fraction of sp³-hybridized carbons (Fsp3) is 0.273. The summed E-state index contributed by atoms with van der Waals surface area (Å²) < 4.78 is 12.9. The standard InChI is InChI=1S/C11H14FN.ClH/c1-3-4-11(13)9-5-6-10(12)8(2)7-9;/h3,5-7,11H,1,4,13H2,2H3;1H/t11-;/m0./s1. The van der Waals surface area contributed by atoms with Gasteiger partial charge in [0.1, 0.15) is 5.82 Å². The van der Waals surface area contributed by atoms with Crippen LogP contribution in [0.25, 0.3) is 0 Å². The van der Waals surface area contributed by atoms with Gasteiger partial charge in [0.25, 0.3) is 0 Å². The first-order chi connectivity index (χ1) is 6.15. The molecule has 0 heterocycles. The Kier molecular flexibility index (Phi) is 5.43. The van der Waals surface area contributed by atoms with E-state index in [-0.39, 0.29) is 24.3 Å². The number of hydrogen-bond donors (Lipinski definition) is 1. The maximum atomic E-state index is 12.9. The fourth-order valence-electron chi connectivity index (χ4n) is 1.21. The van der Waals surface area contributed by atoms with Crippen LogP contribution in [0.15, 0.2) is 30.9 Å². The van der Waals surface area contributed by atoms with Crippen LogP contribution < -0.4 is 5.73 Å². The first-order valence-electron chi connectivity index (χ1n) is 4.27. The third-order valence-corrected chi connectivity index (χ3v) is 2.03. The lowest BCUT2D eigenvalue weighted by Crippen LogP contribution is -2.09. The second-order valence-electron chi connectivity index (χ2n) is 3.14. The molecule has 0 saturated heterocycles. The largest absolute Gasteiger partial charge is 0.324 e. The smallest absolute Gasteiger partial charge is 0.126 e. The molecule has 0 aliphatic rings. The van der Waals surface area contributed by atoms with Crippen molar-refractivity contribution < 1.29 is 4.39 Å². The highest BCUT2D eigenvalue weighted by Crippen LogP contribution is 2.17. The van der Waals surface area contributed by atoms with Crippen molar-refractivity contribution in [2.24, 2.45) is 5.73 Å². The summed E-state index contributed by atoms with van der Waals surface area (Å²) in [6.45, 7) is 5.35. The minimum Gasteiger partial charge on any atom is -0.324 e. The summed E-state index contributed by atoms with van der Waals surface area (Å²) in [6.07, 6.45) is 2.48. The molecular formula is C11H15ClFN. The number of halogens is 2. The van der Waals surface area contributed by atoms with Gasteiger partial charge in [-0.2, -0.15) is 0 Å². The van der Waals surface area contributed by atoms with Crippen LogP contribution in [0, 0.1) is 12.7 Å². The van der Waals surface area contributed by atoms with E-state index in [4.69, 9.17) is 5.73 Å². The molecule has 3 heteroatoms. The Morgan fingerprint density at radius 1 is 1.57 bits per heavy atom.